The maximum atomic E-state index is 4.85. The molecule has 0 bridgehead atoms. The van der Waals surface area contributed by atoms with Crippen LogP contribution in [0.5, 0.6) is 0 Å². The molecule has 28 heavy (non-hydrogen) atoms. The molecular weight excluding hydrogens is 344 g/mol. The summed E-state index contributed by atoms with van der Waals surface area (Å²) in [5, 5.41) is 6.96. The summed E-state index contributed by atoms with van der Waals surface area (Å²) in [5.74, 6) is 0. The smallest absolute Gasteiger partial charge is 0.0870 e. The molecule has 0 saturated carbocycles. The van der Waals surface area contributed by atoms with Gasteiger partial charge in [0.15, 0.2) is 0 Å². The van der Waals surface area contributed by atoms with Gasteiger partial charge in [0.25, 0.3) is 0 Å². The number of hydrogen-bond donors (Lipinski definition) is 2. The lowest BCUT2D eigenvalue weighted by molar-refractivity contribution is 1.32. The van der Waals surface area contributed by atoms with Gasteiger partial charge in [-0.05, 0) is 89.1 Å². The molecule has 1 aliphatic rings. The summed E-state index contributed by atoms with van der Waals surface area (Å²) in [6, 6.07) is 12.5. The van der Waals surface area contributed by atoms with Gasteiger partial charge in [-0.15, -0.1) is 0 Å². The molecule has 2 N–H and O–H groups in total. The molecule has 0 unspecified atom stereocenters. The van der Waals surface area contributed by atoms with Crippen molar-refractivity contribution in [1.82, 2.24) is 0 Å². The Morgan fingerprint density at radius 2 is 1.11 bits per heavy atom. The zero-order chi connectivity index (χ0) is 20.3. The minimum absolute atomic E-state index is 0.919. The molecular formula is C24H28N4. The molecule has 0 aromatic heterocycles. The SMILES string of the molecule is CC1=Nc2cc(C)ccc2N/C(C)=C\C(C)=Nc2ccc(C)cc2N/C(C)=C\1. The maximum Gasteiger partial charge on any atom is 0.0870 e. The first-order chi connectivity index (χ1) is 13.3. The minimum atomic E-state index is 0.919. The van der Waals surface area contributed by atoms with E-state index in [1.807, 2.05) is 27.7 Å². The highest BCUT2D eigenvalue weighted by Crippen LogP contribution is 2.30. The van der Waals surface area contributed by atoms with Crippen LogP contribution in [0.15, 0.2) is 69.9 Å². The normalized spacial score (nSPS) is 18.5. The zero-order valence-electron chi connectivity index (χ0n) is 17.5. The quantitative estimate of drug-likeness (QED) is 0.532. The fourth-order valence-electron chi connectivity index (χ4n) is 3.26. The molecule has 4 heteroatoms. The monoisotopic (exact) mass is 372 g/mol. The van der Waals surface area contributed by atoms with Gasteiger partial charge in [-0.25, -0.2) is 0 Å². The lowest BCUT2D eigenvalue weighted by Crippen LogP contribution is -2.02. The van der Waals surface area contributed by atoms with Gasteiger partial charge >= 0.3 is 0 Å². The molecule has 1 aliphatic heterocycles. The Labute approximate surface area is 167 Å². The van der Waals surface area contributed by atoms with Crippen molar-refractivity contribution in [3.63, 3.8) is 0 Å². The molecule has 0 fully saturated rings. The number of fused-ring (bicyclic) bond motifs is 2. The first-order valence-corrected chi connectivity index (χ1v) is 9.53. The zero-order valence-corrected chi connectivity index (χ0v) is 17.5. The van der Waals surface area contributed by atoms with E-state index < -0.39 is 0 Å². The fraction of sp³-hybridized carbons (Fsp3) is 0.250. The number of allylic oxidation sites excluding steroid dienone is 4. The summed E-state index contributed by atoms with van der Waals surface area (Å²) in [6.07, 6.45) is 4.11. The molecule has 1 heterocycles. The fourth-order valence-corrected chi connectivity index (χ4v) is 3.26. The standard InChI is InChI=1S/C24H28N4/c1-15-7-9-21-23(11-15)27-19(5)14-20(6)28-24-12-16(2)8-10-22(24)26-18(4)13-17(3)25-21/h7-14,25,28H,1-6H3/b17-13-,20-14-,26-18?,27-19?. The lowest BCUT2D eigenvalue weighted by atomic mass is 10.1. The van der Waals surface area contributed by atoms with Crippen molar-refractivity contribution < 1.29 is 0 Å². The Morgan fingerprint density at radius 3 is 1.79 bits per heavy atom. The summed E-state index contributed by atoms with van der Waals surface area (Å²) < 4.78 is 0. The minimum Gasteiger partial charge on any atom is -0.357 e. The van der Waals surface area contributed by atoms with Crippen LogP contribution in [0.1, 0.15) is 38.8 Å². The summed E-state index contributed by atoms with van der Waals surface area (Å²) >= 11 is 0. The van der Waals surface area contributed by atoms with E-state index in [4.69, 9.17) is 9.98 Å². The van der Waals surface area contributed by atoms with E-state index in [9.17, 15) is 0 Å². The van der Waals surface area contributed by atoms with Crippen molar-refractivity contribution in [2.24, 2.45) is 9.98 Å². The van der Waals surface area contributed by atoms with E-state index in [0.29, 0.717) is 0 Å². The Hall–Kier alpha value is -3.14. The van der Waals surface area contributed by atoms with E-state index in [-0.39, 0.29) is 0 Å². The lowest BCUT2D eigenvalue weighted by Gasteiger charge is -2.14. The predicted octanol–water partition coefficient (Wildman–Crippen LogP) is 6.83. The first-order valence-electron chi connectivity index (χ1n) is 9.53. The molecule has 2 aromatic carbocycles. The summed E-state index contributed by atoms with van der Waals surface area (Å²) in [4.78, 5) is 9.67. The summed E-state index contributed by atoms with van der Waals surface area (Å²) in [7, 11) is 0. The second-order valence-corrected chi connectivity index (χ2v) is 7.45. The number of hydrogen-bond acceptors (Lipinski definition) is 4. The Balaban J connectivity index is 2.16. The van der Waals surface area contributed by atoms with Crippen molar-refractivity contribution in [3.05, 3.63) is 71.1 Å². The topological polar surface area (TPSA) is 48.8 Å². The van der Waals surface area contributed by atoms with Gasteiger partial charge in [-0.1, -0.05) is 12.1 Å². The third-order valence-electron chi connectivity index (χ3n) is 4.41. The average Bonchev–Trinajstić information content (AvgIpc) is 2.58. The average molecular weight is 373 g/mol. The molecule has 144 valence electrons. The third-order valence-corrected chi connectivity index (χ3v) is 4.41. The Bertz CT molecular complexity index is 1020. The predicted molar refractivity (Wildman–Crippen MR) is 123 cm³/mol. The number of rotatable bonds is 0. The highest BCUT2D eigenvalue weighted by molar-refractivity contribution is 5.98. The molecule has 3 rings (SSSR count). The van der Waals surface area contributed by atoms with E-state index in [1.54, 1.807) is 0 Å². The Morgan fingerprint density at radius 1 is 0.571 bits per heavy atom. The van der Waals surface area contributed by atoms with Crippen molar-refractivity contribution in [2.45, 2.75) is 41.5 Å². The van der Waals surface area contributed by atoms with Crippen LogP contribution in [0.25, 0.3) is 0 Å². The van der Waals surface area contributed by atoms with Crippen molar-refractivity contribution >= 4 is 34.2 Å². The van der Waals surface area contributed by atoms with Gasteiger partial charge in [-0.2, -0.15) is 0 Å². The highest BCUT2D eigenvalue weighted by atomic mass is 14.9. The van der Waals surface area contributed by atoms with Crippen LogP contribution < -0.4 is 10.6 Å². The van der Waals surface area contributed by atoms with Crippen molar-refractivity contribution in [1.29, 1.82) is 0 Å². The third kappa shape index (κ3) is 4.97. The van der Waals surface area contributed by atoms with Gasteiger partial charge in [0.2, 0.25) is 0 Å². The molecule has 0 radical (unpaired) electrons. The Kier molecular flexibility index (Phi) is 5.78. The summed E-state index contributed by atoms with van der Waals surface area (Å²) in [6.45, 7) is 12.3. The van der Waals surface area contributed by atoms with Crippen LogP contribution in [0, 0.1) is 13.8 Å². The maximum absolute atomic E-state index is 4.85. The van der Waals surface area contributed by atoms with Crippen LogP contribution >= 0.6 is 0 Å². The second-order valence-electron chi connectivity index (χ2n) is 7.45. The van der Waals surface area contributed by atoms with Crippen LogP contribution in [-0.2, 0) is 0 Å². The highest BCUT2D eigenvalue weighted by Gasteiger charge is 2.07. The van der Waals surface area contributed by atoms with Gasteiger partial charge in [0.05, 0.1) is 22.7 Å². The molecule has 2 aromatic rings. The first kappa shape index (κ1) is 19.6. The van der Waals surface area contributed by atoms with Gasteiger partial charge < -0.3 is 10.6 Å². The van der Waals surface area contributed by atoms with Crippen molar-refractivity contribution in [3.8, 4) is 0 Å². The molecule has 0 spiro atoms. The van der Waals surface area contributed by atoms with Gasteiger partial charge in [0.1, 0.15) is 0 Å². The number of nitrogens with zero attached hydrogens (tertiary/aromatic N) is 2. The van der Waals surface area contributed by atoms with Gasteiger partial charge in [0, 0.05) is 22.8 Å². The van der Waals surface area contributed by atoms with Crippen molar-refractivity contribution in [2.75, 3.05) is 10.6 Å². The molecule has 0 atom stereocenters. The largest absolute Gasteiger partial charge is 0.357 e. The number of benzene rings is 2. The van der Waals surface area contributed by atoms with Crippen LogP contribution in [0.4, 0.5) is 22.7 Å². The number of aryl methyl sites for hydroxylation is 2. The molecule has 0 amide bonds. The van der Waals surface area contributed by atoms with E-state index in [0.717, 1.165) is 45.6 Å². The molecule has 0 aliphatic carbocycles. The molecule has 0 saturated heterocycles. The molecule has 4 nitrogen and oxygen atoms in total. The van der Waals surface area contributed by atoms with Crippen LogP contribution in [0.3, 0.4) is 0 Å². The second kappa shape index (κ2) is 8.26. The van der Waals surface area contributed by atoms with E-state index in [1.165, 1.54) is 11.1 Å². The number of nitrogens with one attached hydrogen (secondary N) is 2. The van der Waals surface area contributed by atoms with Crippen LogP contribution in [0.2, 0.25) is 0 Å². The summed E-state index contributed by atoms with van der Waals surface area (Å²) in [5.41, 5.74) is 10.1. The number of anilines is 2. The van der Waals surface area contributed by atoms with Gasteiger partial charge in [-0.3, -0.25) is 9.98 Å². The van der Waals surface area contributed by atoms with E-state index >= 15 is 0 Å². The van der Waals surface area contributed by atoms with E-state index in [2.05, 4.69) is 73.0 Å². The number of aliphatic imine (C=N–C) groups is 2. The van der Waals surface area contributed by atoms with Crippen LogP contribution in [-0.4, -0.2) is 11.4 Å².